The molecule has 0 radical (unpaired) electrons. The third-order valence-electron chi connectivity index (χ3n) is 6.89. The van der Waals surface area contributed by atoms with Crippen molar-refractivity contribution in [1.82, 2.24) is 14.9 Å². The Balaban J connectivity index is 1.25. The van der Waals surface area contributed by atoms with Gasteiger partial charge in [0.15, 0.2) is 0 Å². The van der Waals surface area contributed by atoms with Crippen molar-refractivity contribution in [2.75, 3.05) is 43.5 Å². The van der Waals surface area contributed by atoms with E-state index in [1.54, 1.807) is 6.08 Å². The van der Waals surface area contributed by atoms with Crippen LogP contribution in [0.2, 0.25) is 0 Å². The summed E-state index contributed by atoms with van der Waals surface area (Å²) in [4.78, 5) is 24.2. The van der Waals surface area contributed by atoms with E-state index >= 15 is 0 Å². The molecule has 3 aromatic rings. The lowest BCUT2D eigenvalue weighted by molar-refractivity contribution is -0.111. The van der Waals surface area contributed by atoms with Crippen LogP contribution in [0, 0.1) is 0 Å². The number of fused-ring (bicyclic) bond motifs is 3. The molecule has 6 rings (SSSR count). The van der Waals surface area contributed by atoms with Crippen LogP contribution in [-0.4, -0.2) is 71.9 Å². The SMILES string of the molecule is O=C(/C=C/CN1C[C@@H]2C[C@H]1CO2)Nc1cc2c(Nc3cccc(Br)c3)ncnc2cc1O[C@H]1CCOC1. The first kappa shape index (κ1) is 24.3. The van der Waals surface area contributed by atoms with Gasteiger partial charge in [0.1, 0.15) is 24.0 Å². The van der Waals surface area contributed by atoms with E-state index in [1.807, 2.05) is 42.5 Å². The molecule has 4 heterocycles. The highest BCUT2D eigenvalue weighted by Gasteiger charge is 2.38. The number of morpholine rings is 1. The molecule has 3 saturated heterocycles. The van der Waals surface area contributed by atoms with Crippen molar-refractivity contribution in [3.05, 3.63) is 59.4 Å². The number of hydrogen-bond donors (Lipinski definition) is 2. The summed E-state index contributed by atoms with van der Waals surface area (Å²) in [5.41, 5.74) is 2.16. The smallest absolute Gasteiger partial charge is 0.248 e. The summed E-state index contributed by atoms with van der Waals surface area (Å²) in [6.07, 6.45) is 7.16. The number of nitrogens with one attached hydrogen (secondary N) is 2. The van der Waals surface area contributed by atoms with Crippen molar-refractivity contribution in [1.29, 1.82) is 0 Å². The maximum absolute atomic E-state index is 12.9. The van der Waals surface area contributed by atoms with Gasteiger partial charge in [-0.1, -0.05) is 28.1 Å². The lowest BCUT2D eigenvalue weighted by atomic mass is 10.1. The number of aromatic nitrogens is 2. The van der Waals surface area contributed by atoms with Gasteiger partial charge < -0.3 is 24.8 Å². The van der Waals surface area contributed by atoms with Crippen LogP contribution in [0.25, 0.3) is 10.9 Å². The van der Waals surface area contributed by atoms with Crippen LogP contribution >= 0.6 is 15.9 Å². The summed E-state index contributed by atoms with van der Waals surface area (Å²) < 4.78 is 18.3. The Morgan fingerprint density at radius 1 is 1.24 bits per heavy atom. The van der Waals surface area contributed by atoms with Crippen LogP contribution in [0.3, 0.4) is 0 Å². The Morgan fingerprint density at radius 3 is 2.97 bits per heavy atom. The number of halogens is 1. The average molecular weight is 566 g/mol. The molecule has 2 aromatic carbocycles. The predicted octanol–water partition coefficient (Wildman–Crippen LogP) is 4.27. The van der Waals surface area contributed by atoms with Gasteiger partial charge in [-0.3, -0.25) is 9.69 Å². The zero-order chi connectivity index (χ0) is 25.2. The first-order valence-electron chi connectivity index (χ1n) is 12.5. The van der Waals surface area contributed by atoms with E-state index in [0.29, 0.717) is 48.1 Å². The number of benzene rings is 2. The lowest BCUT2D eigenvalue weighted by Gasteiger charge is -2.25. The zero-order valence-corrected chi connectivity index (χ0v) is 21.8. The van der Waals surface area contributed by atoms with E-state index in [9.17, 15) is 4.79 Å². The third kappa shape index (κ3) is 5.62. The number of hydrogen-bond acceptors (Lipinski definition) is 8. The van der Waals surface area contributed by atoms with Crippen LogP contribution in [-0.2, 0) is 14.3 Å². The van der Waals surface area contributed by atoms with Crippen molar-refractivity contribution >= 4 is 49.9 Å². The fraction of sp³-hybridized carbons (Fsp3) is 0.370. The fourth-order valence-corrected chi connectivity index (χ4v) is 5.44. The van der Waals surface area contributed by atoms with Gasteiger partial charge >= 0.3 is 0 Å². The van der Waals surface area contributed by atoms with Gasteiger partial charge in [0.05, 0.1) is 37.1 Å². The van der Waals surface area contributed by atoms with Crippen LogP contribution in [0.4, 0.5) is 17.2 Å². The number of anilines is 3. The Morgan fingerprint density at radius 2 is 2.19 bits per heavy atom. The molecular weight excluding hydrogens is 538 g/mol. The summed E-state index contributed by atoms with van der Waals surface area (Å²) in [5, 5.41) is 7.13. The van der Waals surface area contributed by atoms with Gasteiger partial charge in [0, 0.05) is 53.2 Å². The summed E-state index contributed by atoms with van der Waals surface area (Å²) >= 11 is 3.50. The fourth-order valence-electron chi connectivity index (χ4n) is 5.04. The molecule has 2 bridgehead atoms. The van der Waals surface area contributed by atoms with Crippen LogP contribution in [0.1, 0.15) is 12.8 Å². The van der Waals surface area contributed by atoms with Gasteiger partial charge in [0.25, 0.3) is 0 Å². The number of ether oxygens (including phenoxy) is 3. The van der Waals surface area contributed by atoms with Gasteiger partial charge in [-0.15, -0.1) is 0 Å². The molecule has 192 valence electrons. The second-order valence-corrected chi connectivity index (χ2v) is 10.4. The molecular formula is C27H28BrN5O4. The van der Waals surface area contributed by atoms with E-state index in [4.69, 9.17) is 14.2 Å². The second-order valence-electron chi connectivity index (χ2n) is 9.52. The predicted molar refractivity (Wildman–Crippen MR) is 144 cm³/mol. The topological polar surface area (TPSA) is 97.8 Å². The molecule has 1 amide bonds. The minimum absolute atomic E-state index is 0.0717. The normalized spacial score (nSPS) is 23.2. The Bertz CT molecular complexity index is 1330. The third-order valence-corrected chi connectivity index (χ3v) is 7.38. The summed E-state index contributed by atoms with van der Waals surface area (Å²) in [7, 11) is 0. The van der Waals surface area contributed by atoms with Crippen LogP contribution in [0.15, 0.2) is 59.4 Å². The second kappa shape index (κ2) is 10.7. The van der Waals surface area contributed by atoms with Crippen molar-refractivity contribution in [3.63, 3.8) is 0 Å². The molecule has 0 saturated carbocycles. The molecule has 37 heavy (non-hydrogen) atoms. The highest BCUT2D eigenvalue weighted by atomic mass is 79.9. The molecule has 0 aliphatic carbocycles. The van der Waals surface area contributed by atoms with Crippen molar-refractivity contribution in [2.24, 2.45) is 0 Å². The summed E-state index contributed by atoms with van der Waals surface area (Å²) in [6, 6.07) is 12.0. The minimum atomic E-state index is -0.217. The lowest BCUT2D eigenvalue weighted by Crippen LogP contribution is -2.36. The van der Waals surface area contributed by atoms with Crippen LogP contribution in [0.5, 0.6) is 5.75 Å². The first-order valence-corrected chi connectivity index (χ1v) is 13.3. The molecule has 3 aliphatic heterocycles. The Kier molecular flexibility index (Phi) is 7.06. The van der Waals surface area contributed by atoms with Crippen LogP contribution < -0.4 is 15.4 Å². The first-order chi connectivity index (χ1) is 18.1. The largest absolute Gasteiger partial charge is 0.486 e. The number of likely N-dealkylation sites (tertiary alicyclic amines) is 1. The van der Waals surface area contributed by atoms with Gasteiger partial charge in [-0.05, 0) is 30.7 Å². The average Bonchev–Trinajstić information content (AvgIpc) is 3.64. The number of carbonyl (C=O) groups is 1. The minimum Gasteiger partial charge on any atom is -0.486 e. The molecule has 3 atom stereocenters. The summed E-state index contributed by atoms with van der Waals surface area (Å²) in [6.45, 7) is 3.62. The molecule has 2 N–H and O–H groups in total. The zero-order valence-electron chi connectivity index (χ0n) is 20.2. The van der Waals surface area contributed by atoms with E-state index < -0.39 is 0 Å². The Hall–Kier alpha value is -3.05. The van der Waals surface area contributed by atoms with Crippen molar-refractivity contribution < 1.29 is 19.0 Å². The maximum Gasteiger partial charge on any atom is 0.248 e. The van der Waals surface area contributed by atoms with Gasteiger partial charge in [-0.25, -0.2) is 9.97 Å². The quantitative estimate of drug-likeness (QED) is 0.391. The van der Waals surface area contributed by atoms with E-state index in [1.165, 1.54) is 6.33 Å². The summed E-state index contributed by atoms with van der Waals surface area (Å²) in [5.74, 6) is 0.980. The molecule has 1 aromatic heterocycles. The van der Waals surface area contributed by atoms with E-state index in [2.05, 4.69) is 41.4 Å². The molecule has 10 heteroatoms. The number of carbonyl (C=O) groups excluding carboxylic acids is 1. The molecule has 3 aliphatic rings. The maximum atomic E-state index is 12.9. The van der Waals surface area contributed by atoms with Gasteiger partial charge in [0.2, 0.25) is 5.91 Å². The number of nitrogens with zero attached hydrogens (tertiary/aromatic N) is 3. The Labute approximate surface area is 223 Å². The monoisotopic (exact) mass is 565 g/mol. The standard InChI is InChI=1S/C27H28BrN5O4/c28-17-3-1-4-18(9-17)31-27-22-11-24(25(12-23(22)29-16-30-27)37-20-6-8-35-15-20)32-26(34)5-2-7-33-13-21-10-19(33)14-36-21/h1-5,9,11-12,16,19-21H,6-8,10,13-15H2,(H,32,34)(H,29,30,31)/b5-2+/t19-,20-,21-/m0/s1. The molecule has 0 spiro atoms. The highest BCUT2D eigenvalue weighted by Crippen LogP contribution is 2.35. The highest BCUT2D eigenvalue weighted by molar-refractivity contribution is 9.10. The van der Waals surface area contributed by atoms with Crippen molar-refractivity contribution in [3.8, 4) is 5.75 Å². The molecule has 0 unspecified atom stereocenters. The number of amides is 1. The number of rotatable bonds is 8. The van der Waals surface area contributed by atoms with Crippen molar-refractivity contribution in [2.45, 2.75) is 31.1 Å². The molecule has 9 nitrogen and oxygen atoms in total. The van der Waals surface area contributed by atoms with E-state index in [-0.39, 0.29) is 12.0 Å². The molecule has 3 fully saturated rings. The van der Waals surface area contributed by atoms with E-state index in [0.717, 1.165) is 48.1 Å². The van der Waals surface area contributed by atoms with Gasteiger partial charge in [-0.2, -0.15) is 0 Å².